The smallest absolute Gasteiger partial charge is 0.393 e. The van der Waals surface area contributed by atoms with Crippen LogP contribution in [-0.2, 0) is 0 Å². The van der Waals surface area contributed by atoms with Gasteiger partial charge in [-0.05, 0) is 30.6 Å². The molecule has 1 fully saturated rings. The van der Waals surface area contributed by atoms with Crippen LogP contribution in [0.5, 0.6) is 5.88 Å². The van der Waals surface area contributed by atoms with Crippen molar-refractivity contribution in [3.05, 3.63) is 21.7 Å². The van der Waals surface area contributed by atoms with E-state index in [1.165, 1.54) is 22.2 Å². The molecule has 0 bridgehead atoms. The van der Waals surface area contributed by atoms with Crippen LogP contribution in [0.3, 0.4) is 0 Å². The van der Waals surface area contributed by atoms with E-state index < -0.39 is 4.92 Å². The fourth-order valence-electron chi connectivity index (χ4n) is 2.34. The summed E-state index contributed by atoms with van der Waals surface area (Å²) in [4.78, 5) is 15.5. The number of fused-ring (bicyclic) bond motifs is 1. The average molecular weight is 267 g/mol. The van der Waals surface area contributed by atoms with E-state index in [1.807, 2.05) is 0 Å². The molecule has 96 valence electrons. The van der Waals surface area contributed by atoms with Gasteiger partial charge in [-0.3, -0.25) is 0 Å². The molecule has 1 aliphatic carbocycles. The van der Waals surface area contributed by atoms with E-state index in [4.69, 9.17) is 4.74 Å². The van der Waals surface area contributed by atoms with Crippen molar-refractivity contribution in [3.63, 3.8) is 0 Å². The molecule has 0 N–H and O–H groups in total. The van der Waals surface area contributed by atoms with Crippen molar-refractivity contribution >= 4 is 22.1 Å². The van der Waals surface area contributed by atoms with Crippen LogP contribution >= 0.6 is 11.3 Å². The largest absolute Gasteiger partial charge is 0.468 e. The lowest BCUT2D eigenvalue weighted by atomic mass is 9.98. The topological polar surface area (TPSA) is 69.7 Å². The highest BCUT2D eigenvalue weighted by Crippen LogP contribution is 2.32. The highest BCUT2D eigenvalue weighted by Gasteiger charge is 2.27. The van der Waals surface area contributed by atoms with Crippen LogP contribution in [0.25, 0.3) is 4.96 Å². The van der Waals surface area contributed by atoms with Gasteiger partial charge in [0.05, 0.1) is 0 Å². The Morgan fingerprint density at radius 1 is 1.44 bits per heavy atom. The summed E-state index contributed by atoms with van der Waals surface area (Å²) < 4.78 is 7.20. The van der Waals surface area contributed by atoms with Gasteiger partial charge in [-0.2, -0.15) is 9.38 Å². The first-order chi connectivity index (χ1) is 8.75. The Bertz CT molecular complexity index is 571. The van der Waals surface area contributed by atoms with Crippen molar-refractivity contribution in [2.24, 2.45) is 0 Å². The van der Waals surface area contributed by atoms with Gasteiger partial charge < -0.3 is 14.9 Å². The number of thiazole rings is 1. The van der Waals surface area contributed by atoms with Crippen LogP contribution in [0, 0.1) is 10.1 Å². The third kappa shape index (κ3) is 1.94. The van der Waals surface area contributed by atoms with Gasteiger partial charge in [-0.15, -0.1) is 0 Å². The molecule has 2 heterocycles. The van der Waals surface area contributed by atoms with Crippen LogP contribution in [0.1, 0.15) is 32.1 Å². The minimum absolute atomic E-state index is 0.0585. The highest BCUT2D eigenvalue weighted by molar-refractivity contribution is 7.15. The summed E-state index contributed by atoms with van der Waals surface area (Å²) in [5.41, 5.74) is 0. The molecule has 2 aromatic heterocycles. The molecule has 1 saturated carbocycles. The zero-order valence-electron chi connectivity index (χ0n) is 9.74. The molecule has 6 nitrogen and oxygen atoms in total. The molecule has 0 unspecified atom stereocenters. The van der Waals surface area contributed by atoms with E-state index in [9.17, 15) is 10.1 Å². The second kappa shape index (κ2) is 4.56. The molecule has 0 radical (unpaired) electrons. The number of rotatable bonds is 3. The van der Waals surface area contributed by atoms with E-state index in [0.717, 1.165) is 25.7 Å². The van der Waals surface area contributed by atoms with Crippen molar-refractivity contribution in [1.29, 1.82) is 0 Å². The lowest BCUT2D eigenvalue weighted by Gasteiger charge is -2.21. The predicted molar refractivity (Wildman–Crippen MR) is 67.2 cm³/mol. The SMILES string of the molecule is O=[N+]([O-])c1c(OC2CCCCC2)nc2sccn12. The molecular weight excluding hydrogens is 254 g/mol. The van der Waals surface area contributed by atoms with Crippen LogP contribution in [-0.4, -0.2) is 20.4 Å². The number of aromatic nitrogens is 2. The molecule has 2 aromatic rings. The first-order valence-electron chi connectivity index (χ1n) is 6.02. The van der Waals surface area contributed by atoms with Gasteiger partial charge in [0, 0.05) is 5.38 Å². The molecule has 0 saturated heterocycles. The maximum absolute atomic E-state index is 11.1. The van der Waals surface area contributed by atoms with E-state index >= 15 is 0 Å². The summed E-state index contributed by atoms with van der Waals surface area (Å²) in [6, 6.07) is 0. The Morgan fingerprint density at radius 2 is 2.22 bits per heavy atom. The van der Waals surface area contributed by atoms with Gasteiger partial charge in [0.15, 0.2) is 0 Å². The molecular formula is C11H13N3O3S. The molecule has 0 amide bonds. The van der Waals surface area contributed by atoms with Crippen LogP contribution in [0.15, 0.2) is 11.6 Å². The lowest BCUT2D eigenvalue weighted by Crippen LogP contribution is -2.20. The van der Waals surface area contributed by atoms with Gasteiger partial charge in [-0.25, -0.2) is 0 Å². The average Bonchev–Trinajstić information content (AvgIpc) is 2.89. The van der Waals surface area contributed by atoms with Crippen molar-refractivity contribution in [3.8, 4) is 5.88 Å². The Hall–Kier alpha value is -1.63. The van der Waals surface area contributed by atoms with E-state index in [1.54, 1.807) is 11.6 Å². The zero-order chi connectivity index (χ0) is 12.5. The molecule has 0 spiro atoms. The standard InChI is InChI=1S/C11H13N3O3S/c15-14(16)10-9(12-11-13(10)6-7-18-11)17-8-4-2-1-3-5-8/h6-8H,1-5H2. The van der Waals surface area contributed by atoms with E-state index in [0.29, 0.717) is 4.96 Å². The van der Waals surface area contributed by atoms with Crippen LogP contribution in [0.2, 0.25) is 0 Å². The normalized spacial score (nSPS) is 17.1. The van der Waals surface area contributed by atoms with Gasteiger partial charge in [0.25, 0.3) is 4.96 Å². The number of hydrogen-bond acceptors (Lipinski definition) is 5. The molecule has 0 aliphatic heterocycles. The fourth-order valence-corrected chi connectivity index (χ4v) is 3.04. The monoisotopic (exact) mass is 267 g/mol. The Balaban J connectivity index is 1.92. The van der Waals surface area contributed by atoms with Crippen molar-refractivity contribution in [2.45, 2.75) is 38.2 Å². The van der Waals surface area contributed by atoms with Crippen molar-refractivity contribution < 1.29 is 9.66 Å². The Labute approximate surface area is 107 Å². The van der Waals surface area contributed by atoms with Gasteiger partial charge in [-0.1, -0.05) is 17.8 Å². The zero-order valence-corrected chi connectivity index (χ0v) is 10.6. The van der Waals surface area contributed by atoms with Crippen LogP contribution in [0.4, 0.5) is 5.82 Å². The first kappa shape index (κ1) is 11.5. The summed E-state index contributed by atoms with van der Waals surface area (Å²) in [6.45, 7) is 0. The molecule has 0 aromatic carbocycles. The predicted octanol–water partition coefficient (Wildman–Crippen LogP) is 3.02. The summed E-state index contributed by atoms with van der Waals surface area (Å²) >= 11 is 1.37. The van der Waals surface area contributed by atoms with Gasteiger partial charge >= 0.3 is 11.7 Å². The fraction of sp³-hybridized carbons (Fsp3) is 0.545. The number of ether oxygens (including phenoxy) is 1. The minimum atomic E-state index is -0.426. The Kier molecular flexibility index (Phi) is 2.91. The first-order valence-corrected chi connectivity index (χ1v) is 6.90. The van der Waals surface area contributed by atoms with Crippen LogP contribution < -0.4 is 4.74 Å². The number of imidazole rings is 1. The summed E-state index contributed by atoms with van der Waals surface area (Å²) in [7, 11) is 0. The molecule has 3 rings (SSSR count). The summed E-state index contributed by atoms with van der Waals surface area (Å²) in [5.74, 6) is 0.107. The van der Waals surface area contributed by atoms with E-state index in [2.05, 4.69) is 4.98 Å². The van der Waals surface area contributed by atoms with Gasteiger partial charge in [0.2, 0.25) is 0 Å². The van der Waals surface area contributed by atoms with Crippen molar-refractivity contribution in [1.82, 2.24) is 9.38 Å². The summed E-state index contributed by atoms with van der Waals surface area (Å²) in [6.07, 6.45) is 7.12. The quantitative estimate of drug-likeness (QED) is 0.633. The Morgan fingerprint density at radius 3 is 2.94 bits per heavy atom. The molecule has 18 heavy (non-hydrogen) atoms. The minimum Gasteiger partial charge on any atom is -0.468 e. The second-order valence-electron chi connectivity index (χ2n) is 4.43. The highest BCUT2D eigenvalue weighted by atomic mass is 32.1. The van der Waals surface area contributed by atoms with Crippen molar-refractivity contribution in [2.75, 3.05) is 0 Å². The maximum Gasteiger partial charge on any atom is 0.393 e. The molecule has 0 atom stereocenters. The molecule has 1 aliphatic rings. The summed E-state index contributed by atoms with van der Waals surface area (Å²) in [5, 5.41) is 12.9. The number of nitro groups is 1. The lowest BCUT2D eigenvalue weighted by molar-refractivity contribution is -0.391. The number of hydrogen-bond donors (Lipinski definition) is 0. The van der Waals surface area contributed by atoms with E-state index in [-0.39, 0.29) is 17.8 Å². The third-order valence-corrected chi connectivity index (χ3v) is 3.97. The van der Waals surface area contributed by atoms with Gasteiger partial charge in [0.1, 0.15) is 12.3 Å². The number of nitrogens with zero attached hydrogens (tertiary/aromatic N) is 3. The molecule has 7 heteroatoms. The second-order valence-corrected chi connectivity index (χ2v) is 5.30. The third-order valence-electron chi connectivity index (χ3n) is 3.21. The maximum atomic E-state index is 11.1.